The highest BCUT2D eigenvalue weighted by atomic mass is 15.3. The van der Waals surface area contributed by atoms with Gasteiger partial charge in [0.2, 0.25) is 0 Å². The summed E-state index contributed by atoms with van der Waals surface area (Å²) in [6.07, 6.45) is 4.09. The second-order valence-electron chi connectivity index (χ2n) is 6.38. The highest BCUT2D eigenvalue weighted by Crippen LogP contribution is 2.19. The van der Waals surface area contributed by atoms with Gasteiger partial charge in [-0.2, -0.15) is 0 Å². The van der Waals surface area contributed by atoms with E-state index in [1.54, 1.807) is 0 Å². The normalized spacial score (nSPS) is 26.2. The van der Waals surface area contributed by atoms with E-state index in [0.717, 1.165) is 18.0 Å². The van der Waals surface area contributed by atoms with Crippen molar-refractivity contribution in [3.63, 3.8) is 0 Å². The molecule has 1 saturated heterocycles. The number of hydrogen-bond acceptors (Lipinski definition) is 3. The standard InChI is InChI=1S/C15H31N3/c1-4-14(3)18-9-7-17(8-10-18)12-13(2)11-16-15-5-6-15/h13-16H,4-12H2,1-3H3. The van der Waals surface area contributed by atoms with Crippen molar-refractivity contribution in [2.45, 2.75) is 52.1 Å². The van der Waals surface area contributed by atoms with E-state index in [4.69, 9.17) is 0 Å². The van der Waals surface area contributed by atoms with Gasteiger partial charge in [-0.3, -0.25) is 4.90 Å². The predicted octanol–water partition coefficient (Wildman–Crippen LogP) is 1.79. The van der Waals surface area contributed by atoms with Crippen LogP contribution in [0.5, 0.6) is 0 Å². The smallest absolute Gasteiger partial charge is 0.0113 e. The van der Waals surface area contributed by atoms with Gasteiger partial charge in [0.1, 0.15) is 0 Å². The Hall–Kier alpha value is -0.120. The minimum atomic E-state index is 0.765. The average molecular weight is 253 g/mol. The van der Waals surface area contributed by atoms with Crippen LogP contribution in [0.1, 0.15) is 40.0 Å². The maximum Gasteiger partial charge on any atom is 0.0113 e. The van der Waals surface area contributed by atoms with Crippen LogP contribution in [-0.4, -0.2) is 61.2 Å². The average Bonchev–Trinajstić information content (AvgIpc) is 3.20. The topological polar surface area (TPSA) is 18.5 Å². The van der Waals surface area contributed by atoms with Crippen LogP contribution in [0, 0.1) is 5.92 Å². The van der Waals surface area contributed by atoms with Gasteiger partial charge in [-0.15, -0.1) is 0 Å². The molecule has 106 valence electrons. The Balaban J connectivity index is 1.59. The van der Waals surface area contributed by atoms with Crippen molar-refractivity contribution in [2.75, 3.05) is 39.3 Å². The Morgan fingerprint density at radius 3 is 2.33 bits per heavy atom. The molecule has 1 heterocycles. The summed E-state index contributed by atoms with van der Waals surface area (Å²) < 4.78 is 0. The van der Waals surface area contributed by atoms with Gasteiger partial charge in [0.25, 0.3) is 0 Å². The molecule has 2 unspecified atom stereocenters. The van der Waals surface area contributed by atoms with E-state index >= 15 is 0 Å². The fourth-order valence-corrected chi connectivity index (χ4v) is 2.81. The molecule has 18 heavy (non-hydrogen) atoms. The van der Waals surface area contributed by atoms with Crippen LogP contribution < -0.4 is 5.32 Å². The van der Waals surface area contributed by atoms with Crippen LogP contribution in [0.25, 0.3) is 0 Å². The molecule has 1 aliphatic carbocycles. The summed E-state index contributed by atoms with van der Waals surface area (Å²) in [7, 11) is 0. The van der Waals surface area contributed by atoms with Gasteiger partial charge in [-0.05, 0) is 38.6 Å². The second-order valence-corrected chi connectivity index (χ2v) is 6.38. The molecular weight excluding hydrogens is 222 g/mol. The molecule has 2 aliphatic rings. The van der Waals surface area contributed by atoms with Crippen molar-refractivity contribution >= 4 is 0 Å². The molecule has 0 amide bonds. The first-order chi connectivity index (χ1) is 8.69. The number of nitrogens with one attached hydrogen (secondary N) is 1. The van der Waals surface area contributed by atoms with Crippen molar-refractivity contribution in [2.24, 2.45) is 5.92 Å². The molecule has 1 N–H and O–H groups in total. The summed E-state index contributed by atoms with van der Waals surface area (Å²) in [4.78, 5) is 5.29. The van der Waals surface area contributed by atoms with E-state index in [2.05, 4.69) is 35.9 Å². The van der Waals surface area contributed by atoms with Crippen LogP contribution in [0.15, 0.2) is 0 Å². The van der Waals surface area contributed by atoms with Gasteiger partial charge >= 0.3 is 0 Å². The number of piperazine rings is 1. The molecule has 3 heteroatoms. The van der Waals surface area contributed by atoms with E-state index < -0.39 is 0 Å². The fourth-order valence-electron chi connectivity index (χ4n) is 2.81. The van der Waals surface area contributed by atoms with Gasteiger partial charge < -0.3 is 10.2 Å². The maximum atomic E-state index is 3.64. The fraction of sp³-hybridized carbons (Fsp3) is 1.00. The zero-order valence-corrected chi connectivity index (χ0v) is 12.5. The molecule has 0 aromatic carbocycles. The van der Waals surface area contributed by atoms with Crippen LogP contribution in [-0.2, 0) is 0 Å². The van der Waals surface area contributed by atoms with Gasteiger partial charge in [-0.25, -0.2) is 0 Å². The summed E-state index contributed by atoms with van der Waals surface area (Å²) in [6, 6.07) is 1.62. The monoisotopic (exact) mass is 253 g/mol. The first-order valence-electron chi connectivity index (χ1n) is 7.88. The Morgan fingerprint density at radius 1 is 1.11 bits per heavy atom. The number of nitrogens with zero attached hydrogens (tertiary/aromatic N) is 2. The number of rotatable bonds is 7. The zero-order chi connectivity index (χ0) is 13.0. The quantitative estimate of drug-likeness (QED) is 0.746. The number of hydrogen-bond donors (Lipinski definition) is 1. The van der Waals surface area contributed by atoms with Gasteiger partial charge in [-0.1, -0.05) is 13.8 Å². The minimum Gasteiger partial charge on any atom is -0.314 e. The Labute approximate surface area is 113 Å². The lowest BCUT2D eigenvalue weighted by Crippen LogP contribution is -2.50. The van der Waals surface area contributed by atoms with E-state index in [-0.39, 0.29) is 0 Å². The summed E-state index contributed by atoms with van der Waals surface area (Å²) in [5.41, 5.74) is 0. The highest BCUT2D eigenvalue weighted by Gasteiger charge is 2.23. The molecular formula is C15H31N3. The lowest BCUT2D eigenvalue weighted by atomic mass is 10.1. The third-order valence-corrected chi connectivity index (χ3v) is 4.52. The van der Waals surface area contributed by atoms with Crippen LogP contribution in [0.3, 0.4) is 0 Å². The van der Waals surface area contributed by atoms with E-state index in [9.17, 15) is 0 Å². The van der Waals surface area contributed by atoms with Crippen molar-refractivity contribution in [1.29, 1.82) is 0 Å². The Morgan fingerprint density at radius 2 is 1.78 bits per heavy atom. The van der Waals surface area contributed by atoms with Crippen LogP contribution in [0.4, 0.5) is 0 Å². The molecule has 0 aromatic rings. The largest absolute Gasteiger partial charge is 0.314 e. The molecule has 2 fully saturated rings. The van der Waals surface area contributed by atoms with E-state index in [1.807, 2.05) is 0 Å². The maximum absolute atomic E-state index is 3.64. The van der Waals surface area contributed by atoms with E-state index in [0.29, 0.717) is 0 Å². The first kappa shape index (κ1) is 14.3. The van der Waals surface area contributed by atoms with Crippen molar-refractivity contribution in [1.82, 2.24) is 15.1 Å². The molecule has 0 aromatic heterocycles. The van der Waals surface area contributed by atoms with Crippen LogP contribution >= 0.6 is 0 Å². The molecule has 0 radical (unpaired) electrons. The van der Waals surface area contributed by atoms with Gasteiger partial charge in [0, 0.05) is 44.8 Å². The first-order valence-corrected chi connectivity index (χ1v) is 7.88. The molecule has 1 saturated carbocycles. The molecule has 1 aliphatic heterocycles. The molecule has 0 bridgehead atoms. The third-order valence-electron chi connectivity index (χ3n) is 4.52. The Bertz CT molecular complexity index is 232. The zero-order valence-electron chi connectivity index (χ0n) is 12.5. The summed E-state index contributed by atoms with van der Waals surface area (Å²) >= 11 is 0. The summed E-state index contributed by atoms with van der Waals surface area (Å²) in [6.45, 7) is 14.6. The second kappa shape index (κ2) is 6.88. The Kier molecular flexibility index (Phi) is 5.46. The van der Waals surface area contributed by atoms with Crippen LogP contribution in [0.2, 0.25) is 0 Å². The minimum absolute atomic E-state index is 0.765. The molecule has 2 atom stereocenters. The third kappa shape index (κ3) is 4.52. The van der Waals surface area contributed by atoms with Crippen molar-refractivity contribution < 1.29 is 0 Å². The lowest BCUT2D eigenvalue weighted by molar-refractivity contribution is 0.0915. The van der Waals surface area contributed by atoms with Crippen molar-refractivity contribution in [3.05, 3.63) is 0 Å². The molecule has 3 nitrogen and oxygen atoms in total. The SMILES string of the molecule is CCC(C)N1CCN(CC(C)CNC2CC2)CC1. The highest BCUT2D eigenvalue weighted by molar-refractivity contribution is 4.82. The molecule has 0 spiro atoms. The molecule has 2 rings (SSSR count). The van der Waals surface area contributed by atoms with Gasteiger partial charge in [0.15, 0.2) is 0 Å². The summed E-state index contributed by atoms with van der Waals surface area (Å²) in [5.74, 6) is 0.792. The van der Waals surface area contributed by atoms with E-state index in [1.165, 1.54) is 58.5 Å². The lowest BCUT2D eigenvalue weighted by Gasteiger charge is -2.38. The van der Waals surface area contributed by atoms with Gasteiger partial charge in [0.05, 0.1) is 0 Å². The predicted molar refractivity (Wildman–Crippen MR) is 78.0 cm³/mol. The summed E-state index contributed by atoms with van der Waals surface area (Å²) in [5, 5.41) is 3.64. The van der Waals surface area contributed by atoms with Crippen molar-refractivity contribution in [3.8, 4) is 0 Å².